The number of unbranched alkanes of at least 4 members (excludes halogenated alkanes) is 1. The lowest BCUT2D eigenvalue weighted by molar-refractivity contribution is -0.311. The van der Waals surface area contributed by atoms with Crippen LogP contribution in [0.15, 0.2) is 29.2 Å². The largest absolute Gasteiger partial charge is 0.548 e. The van der Waals surface area contributed by atoms with E-state index in [1.807, 2.05) is 24.3 Å². The lowest BCUT2D eigenvalue weighted by Gasteiger charge is -2.30. The minimum Gasteiger partial charge on any atom is -0.548 e. The van der Waals surface area contributed by atoms with Crippen LogP contribution in [0.3, 0.4) is 0 Å². The van der Waals surface area contributed by atoms with Gasteiger partial charge in [-0.25, -0.2) is 0 Å². The molecule has 0 aromatic heterocycles. The van der Waals surface area contributed by atoms with E-state index < -0.39 is 17.9 Å². The number of hydrogen-bond acceptors (Lipinski definition) is 6. The number of benzene rings is 1. The molecule has 1 fully saturated rings. The average Bonchev–Trinajstić information content (AvgIpc) is 2.84. The van der Waals surface area contributed by atoms with E-state index in [-0.39, 0.29) is 10.2 Å². The van der Waals surface area contributed by atoms with E-state index in [1.54, 1.807) is 19.9 Å². The van der Waals surface area contributed by atoms with Gasteiger partial charge in [-0.1, -0.05) is 63.3 Å². The number of thiocarbonyl (C=S) groups is 1. The van der Waals surface area contributed by atoms with Gasteiger partial charge in [0.25, 0.3) is 5.91 Å². The highest BCUT2D eigenvalue weighted by atomic mass is 32.2. The first-order valence-corrected chi connectivity index (χ1v) is 9.78. The smallest absolute Gasteiger partial charge is 0.266 e. The molecule has 26 heavy (non-hydrogen) atoms. The van der Waals surface area contributed by atoms with Crippen molar-refractivity contribution in [3.8, 4) is 5.75 Å². The van der Waals surface area contributed by atoms with E-state index in [4.69, 9.17) is 17.0 Å². The maximum absolute atomic E-state index is 12.6. The first kappa shape index (κ1) is 20.5. The van der Waals surface area contributed by atoms with Gasteiger partial charge >= 0.3 is 0 Å². The van der Waals surface area contributed by atoms with Crippen LogP contribution < -0.4 is 9.84 Å². The highest BCUT2D eigenvalue weighted by molar-refractivity contribution is 8.26. The fourth-order valence-electron chi connectivity index (χ4n) is 2.54. The van der Waals surface area contributed by atoms with Crippen molar-refractivity contribution in [1.29, 1.82) is 0 Å². The second kappa shape index (κ2) is 9.19. The van der Waals surface area contributed by atoms with Crippen LogP contribution in [-0.2, 0) is 9.59 Å². The van der Waals surface area contributed by atoms with Crippen molar-refractivity contribution in [3.05, 3.63) is 34.7 Å². The van der Waals surface area contributed by atoms with Gasteiger partial charge < -0.3 is 14.6 Å². The van der Waals surface area contributed by atoms with Crippen molar-refractivity contribution in [2.45, 2.75) is 39.7 Å². The van der Waals surface area contributed by atoms with Gasteiger partial charge in [0.2, 0.25) is 0 Å². The molecule has 1 aliphatic heterocycles. The fourth-order valence-corrected chi connectivity index (χ4v) is 3.87. The summed E-state index contributed by atoms with van der Waals surface area (Å²) >= 11 is 6.33. The summed E-state index contributed by atoms with van der Waals surface area (Å²) in [7, 11) is 0. The zero-order chi connectivity index (χ0) is 19.3. The van der Waals surface area contributed by atoms with Crippen molar-refractivity contribution in [2.24, 2.45) is 5.92 Å². The number of carbonyl (C=O) groups excluding carboxylic acids is 2. The van der Waals surface area contributed by atoms with Crippen LogP contribution in [-0.4, -0.2) is 33.7 Å². The molecule has 7 heteroatoms. The number of nitrogens with zero attached hydrogens (tertiary/aromatic N) is 1. The Labute approximate surface area is 163 Å². The third-order valence-electron chi connectivity index (χ3n) is 3.92. The van der Waals surface area contributed by atoms with Gasteiger partial charge in [-0.2, -0.15) is 0 Å². The molecule has 0 bridgehead atoms. The Hall–Kier alpha value is -1.86. The van der Waals surface area contributed by atoms with E-state index >= 15 is 0 Å². The molecule has 1 aromatic carbocycles. The second-order valence-electron chi connectivity index (χ2n) is 6.33. The van der Waals surface area contributed by atoms with Crippen LogP contribution in [0.4, 0.5) is 0 Å². The minimum atomic E-state index is -1.30. The molecule has 1 heterocycles. The number of aliphatic carboxylic acids is 1. The van der Waals surface area contributed by atoms with Crippen LogP contribution in [0.2, 0.25) is 0 Å². The van der Waals surface area contributed by atoms with Crippen LogP contribution in [0.1, 0.15) is 39.2 Å². The fraction of sp³-hybridized carbons (Fsp3) is 0.421. The Morgan fingerprint density at radius 1 is 1.35 bits per heavy atom. The maximum Gasteiger partial charge on any atom is 0.266 e. The zero-order valence-corrected chi connectivity index (χ0v) is 16.7. The van der Waals surface area contributed by atoms with Gasteiger partial charge in [0, 0.05) is 0 Å². The van der Waals surface area contributed by atoms with E-state index in [0.29, 0.717) is 11.5 Å². The molecule has 1 atom stereocenters. The van der Waals surface area contributed by atoms with Crippen LogP contribution in [0, 0.1) is 5.92 Å². The van der Waals surface area contributed by atoms with Crippen molar-refractivity contribution in [1.82, 2.24) is 4.90 Å². The summed E-state index contributed by atoms with van der Waals surface area (Å²) in [5, 5.41) is 11.4. The highest BCUT2D eigenvalue weighted by Gasteiger charge is 2.38. The summed E-state index contributed by atoms with van der Waals surface area (Å²) in [6.07, 6.45) is 3.78. The van der Waals surface area contributed by atoms with Gasteiger partial charge in [0.15, 0.2) is 0 Å². The number of carboxylic acids is 1. The summed E-state index contributed by atoms with van der Waals surface area (Å²) < 4.78 is 5.86. The van der Waals surface area contributed by atoms with Gasteiger partial charge in [0.1, 0.15) is 10.1 Å². The number of amides is 1. The lowest BCUT2D eigenvalue weighted by atomic mass is 10.0. The number of carbonyl (C=O) groups is 2. The average molecular weight is 393 g/mol. The van der Waals surface area contributed by atoms with Crippen molar-refractivity contribution >= 4 is 46.3 Å². The molecular weight excluding hydrogens is 370 g/mol. The predicted octanol–water partition coefficient (Wildman–Crippen LogP) is 2.84. The van der Waals surface area contributed by atoms with Gasteiger partial charge in [0.05, 0.1) is 23.5 Å². The summed E-state index contributed by atoms with van der Waals surface area (Å²) in [5.74, 6) is -1.22. The molecule has 2 rings (SSSR count). The van der Waals surface area contributed by atoms with Gasteiger partial charge in [-0.15, -0.1) is 0 Å². The Kier molecular flexibility index (Phi) is 7.23. The quantitative estimate of drug-likeness (QED) is 0.385. The molecule has 5 nitrogen and oxygen atoms in total. The van der Waals surface area contributed by atoms with Crippen LogP contribution >= 0.6 is 24.0 Å². The van der Waals surface area contributed by atoms with E-state index in [1.165, 1.54) is 0 Å². The second-order valence-corrected chi connectivity index (χ2v) is 8.01. The summed E-state index contributed by atoms with van der Waals surface area (Å²) in [5.41, 5.74) is 0.822. The molecule has 0 radical (unpaired) electrons. The normalized spacial score (nSPS) is 17.2. The van der Waals surface area contributed by atoms with Gasteiger partial charge in [-0.3, -0.25) is 9.69 Å². The third-order valence-corrected chi connectivity index (χ3v) is 5.25. The van der Waals surface area contributed by atoms with Crippen molar-refractivity contribution in [3.63, 3.8) is 0 Å². The zero-order valence-electron chi connectivity index (χ0n) is 15.1. The van der Waals surface area contributed by atoms with Crippen molar-refractivity contribution in [2.75, 3.05) is 6.61 Å². The summed E-state index contributed by atoms with van der Waals surface area (Å²) in [4.78, 5) is 25.6. The van der Waals surface area contributed by atoms with E-state index in [9.17, 15) is 14.7 Å². The molecule has 1 saturated heterocycles. The molecule has 140 valence electrons. The molecule has 1 aliphatic rings. The Bertz CT molecular complexity index is 713. The van der Waals surface area contributed by atoms with Gasteiger partial charge in [-0.05, 0) is 36.1 Å². The Morgan fingerprint density at radius 2 is 2.00 bits per heavy atom. The maximum atomic E-state index is 12.6. The van der Waals surface area contributed by atoms with E-state index in [0.717, 1.165) is 40.8 Å². The van der Waals surface area contributed by atoms with Crippen LogP contribution in [0.25, 0.3) is 6.08 Å². The molecule has 1 aromatic rings. The molecule has 0 N–H and O–H groups in total. The lowest BCUT2D eigenvalue weighted by Crippen LogP contribution is -2.52. The monoisotopic (exact) mass is 392 g/mol. The topological polar surface area (TPSA) is 69.7 Å². The number of hydrogen-bond donors (Lipinski definition) is 0. The predicted molar refractivity (Wildman–Crippen MR) is 105 cm³/mol. The number of rotatable bonds is 8. The number of thioether (sulfide) groups is 1. The number of ether oxygens (including phenoxy) is 1. The summed E-state index contributed by atoms with van der Waals surface area (Å²) in [6, 6.07) is 6.34. The molecule has 1 amide bonds. The summed E-state index contributed by atoms with van der Waals surface area (Å²) in [6.45, 7) is 6.22. The highest BCUT2D eigenvalue weighted by Crippen LogP contribution is 2.35. The molecular formula is C19H22NO4S2-. The van der Waals surface area contributed by atoms with Crippen molar-refractivity contribution < 1.29 is 19.4 Å². The standard InChI is InChI=1S/C19H23NO4S2/c1-4-5-10-24-14-8-6-13(7-9-14)11-15-17(21)20(19(25)26-15)16(12(2)3)18(22)23/h6-9,11-12,16H,4-5,10H2,1-3H3,(H,22,23)/p-1/b15-11-/t16-/m1/s1. The number of carboxylic acid groups (broad SMARTS) is 1. The van der Waals surface area contributed by atoms with E-state index in [2.05, 4.69) is 6.92 Å². The molecule has 0 aliphatic carbocycles. The molecule has 0 spiro atoms. The third kappa shape index (κ3) is 4.86. The molecule has 0 unspecified atom stereocenters. The SMILES string of the molecule is CCCCOc1ccc(/C=C2\SC(=S)N([C@@H](C(=O)[O-])C(C)C)C2=O)cc1. The Morgan fingerprint density at radius 3 is 2.54 bits per heavy atom. The Balaban J connectivity index is 2.15. The first-order chi connectivity index (χ1) is 12.3. The van der Waals surface area contributed by atoms with Crippen LogP contribution in [0.5, 0.6) is 5.75 Å². The first-order valence-electron chi connectivity index (χ1n) is 8.56. The minimum absolute atomic E-state index is 0.240. The molecule has 0 saturated carbocycles.